The minimum Gasteiger partial charge on any atom is -0.331 e. The Morgan fingerprint density at radius 2 is 1.21 bits per heavy atom. The van der Waals surface area contributed by atoms with Gasteiger partial charge in [-0.25, -0.2) is 0 Å². The molecule has 19 heavy (non-hydrogen) atoms. The van der Waals surface area contributed by atoms with Crippen LogP contribution in [0.4, 0.5) is 0 Å². The summed E-state index contributed by atoms with van der Waals surface area (Å²) in [6.07, 6.45) is 11.2. The van der Waals surface area contributed by atoms with E-state index in [9.17, 15) is 0 Å². The lowest BCUT2D eigenvalue weighted by atomic mass is 9.93. The molecular formula is C16H34O3. The van der Waals surface area contributed by atoms with Gasteiger partial charge >= 0.3 is 0 Å². The number of hydrogen-bond acceptors (Lipinski definition) is 3. The van der Waals surface area contributed by atoms with E-state index in [4.69, 9.17) is 14.2 Å². The highest BCUT2D eigenvalue weighted by atomic mass is 16.9. The third-order valence-electron chi connectivity index (χ3n) is 3.90. The van der Waals surface area contributed by atoms with Gasteiger partial charge in [0.1, 0.15) is 0 Å². The zero-order valence-corrected chi connectivity index (χ0v) is 13.7. The van der Waals surface area contributed by atoms with E-state index >= 15 is 0 Å². The van der Waals surface area contributed by atoms with Crippen molar-refractivity contribution < 1.29 is 14.2 Å². The Kier molecular flexibility index (Phi) is 11.6. The van der Waals surface area contributed by atoms with Crippen LogP contribution < -0.4 is 0 Å². The van der Waals surface area contributed by atoms with E-state index in [0.29, 0.717) is 5.92 Å². The van der Waals surface area contributed by atoms with Gasteiger partial charge in [0.25, 0.3) is 5.97 Å². The van der Waals surface area contributed by atoms with Crippen LogP contribution in [-0.2, 0) is 14.2 Å². The topological polar surface area (TPSA) is 27.7 Å². The molecule has 0 saturated heterocycles. The average Bonchev–Trinajstić information content (AvgIpc) is 2.45. The summed E-state index contributed by atoms with van der Waals surface area (Å²) in [5, 5.41) is 0. The van der Waals surface area contributed by atoms with Gasteiger partial charge in [-0.3, -0.25) is 0 Å². The van der Waals surface area contributed by atoms with Crippen molar-refractivity contribution in [3.05, 3.63) is 0 Å². The maximum Gasteiger partial charge on any atom is 0.285 e. The fourth-order valence-electron chi connectivity index (χ4n) is 2.77. The molecule has 0 aliphatic rings. The normalized spacial score (nSPS) is 13.7. The van der Waals surface area contributed by atoms with E-state index in [0.717, 1.165) is 19.3 Å². The first-order valence-corrected chi connectivity index (χ1v) is 7.86. The van der Waals surface area contributed by atoms with Gasteiger partial charge < -0.3 is 14.2 Å². The second-order valence-electron chi connectivity index (χ2n) is 5.26. The molecule has 0 aromatic rings. The Morgan fingerprint density at radius 1 is 0.684 bits per heavy atom. The smallest absolute Gasteiger partial charge is 0.285 e. The van der Waals surface area contributed by atoms with Crippen molar-refractivity contribution in [1.29, 1.82) is 0 Å². The second-order valence-corrected chi connectivity index (χ2v) is 5.26. The molecule has 0 unspecified atom stereocenters. The number of ether oxygens (including phenoxy) is 3. The van der Waals surface area contributed by atoms with Crippen molar-refractivity contribution >= 4 is 0 Å². The lowest BCUT2D eigenvalue weighted by Gasteiger charge is -2.36. The van der Waals surface area contributed by atoms with Crippen molar-refractivity contribution in [1.82, 2.24) is 0 Å². The first kappa shape index (κ1) is 18.9. The van der Waals surface area contributed by atoms with Crippen LogP contribution in [0.5, 0.6) is 0 Å². The SMILES string of the molecule is CCCCCCCC[C@@H](CCC)C(OC)(OC)OC. The molecule has 0 N–H and O–H groups in total. The minimum atomic E-state index is -0.862. The molecule has 1 atom stereocenters. The molecule has 0 aliphatic carbocycles. The molecule has 0 rings (SSSR count). The Balaban J connectivity index is 4.16. The van der Waals surface area contributed by atoms with Gasteiger partial charge in [-0.05, 0) is 12.8 Å². The number of hydrogen-bond donors (Lipinski definition) is 0. The Morgan fingerprint density at radius 3 is 1.68 bits per heavy atom. The van der Waals surface area contributed by atoms with Crippen LogP contribution in [0.1, 0.15) is 71.6 Å². The van der Waals surface area contributed by atoms with Crippen LogP contribution >= 0.6 is 0 Å². The fraction of sp³-hybridized carbons (Fsp3) is 1.00. The summed E-state index contributed by atoms with van der Waals surface area (Å²) >= 11 is 0. The summed E-state index contributed by atoms with van der Waals surface area (Å²) < 4.78 is 16.5. The lowest BCUT2D eigenvalue weighted by Crippen LogP contribution is -2.44. The number of methoxy groups -OCH3 is 3. The molecule has 0 aliphatic heterocycles. The predicted octanol–water partition coefficient (Wildman–Crippen LogP) is 4.75. The molecule has 0 saturated carbocycles. The summed E-state index contributed by atoms with van der Waals surface area (Å²) in [4.78, 5) is 0. The van der Waals surface area contributed by atoms with Gasteiger partial charge in [0.05, 0.1) is 0 Å². The van der Waals surface area contributed by atoms with Crippen LogP contribution in [0, 0.1) is 5.92 Å². The van der Waals surface area contributed by atoms with E-state index in [1.165, 1.54) is 38.5 Å². The van der Waals surface area contributed by atoms with Crippen molar-refractivity contribution in [3.8, 4) is 0 Å². The van der Waals surface area contributed by atoms with E-state index < -0.39 is 5.97 Å². The van der Waals surface area contributed by atoms with Crippen LogP contribution in [0.3, 0.4) is 0 Å². The molecule has 0 amide bonds. The highest BCUT2D eigenvalue weighted by Gasteiger charge is 2.38. The third kappa shape index (κ3) is 6.73. The van der Waals surface area contributed by atoms with Crippen molar-refractivity contribution in [2.45, 2.75) is 77.6 Å². The summed E-state index contributed by atoms with van der Waals surface area (Å²) in [6, 6.07) is 0. The van der Waals surface area contributed by atoms with E-state index in [1.807, 2.05) is 0 Å². The second kappa shape index (κ2) is 11.7. The minimum absolute atomic E-state index is 0.309. The van der Waals surface area contributed by atoms with Crippen molar-refractivity contribution in [2.24, 2.45) is 5.92 Å². The predicted molar refractivity (Wildman–Crippen MR) is 80.1 cm³/mol. The van der Waals surface area contributed by atoms with Crippen LogP contribution in [0.2, 0.25) is 0 Å². The summed E-state index contributed by atoms with van der Waals surface area (Å²) in [5.74, 6) is -0.553. The molecule has 0 spiro atoms. The maximum atomic E-state index is 5.50. The quantitative estimate of drug-likeness (QED) is 0.358. The molecule has 0 fully saturated rings. The van der Waals surface area contributed by atoms with E-state index in [2.05, 4.69) is 13.8 Å². The summed E-state index contributed by atoms with van der Waals surface area (Å²) in [5.41, 5.74) is 0. The summed E-state index contributed by atoms with van der Waals surface area (Å²) in [6.45, 7) is 4.45. The van der Waals surface area contributed by atoms with Gasteiger partial charge in [-0.2, -0.15) is 0 Å². The zero-order valence-electron chi connectivity index (χ0n) is 13.7. The van der Waals surface area contributed by atoms with Crippen molar-refractivity contribution in [2.75, 3.05) is 21.3 Å². The highest BCUT2D eigenvalue weighted by molar-refractivity contribution is 4.71. The third-order valence-corrected chi connectivity index (χ3v) is 3.90. The molecule has 3 heteroatoms. The number of unbranched alkanes of at least 4 members (excludes halogenated alkanes) is 5. The molecule has 0 radical (unpaired) electrons. The molecule has 0 bridgehead atoms. The van der Waals surface area contributed by atoms with Gasteiger partial charge in [0.2, 0.25) is 0 Å². The Labute approximate surface area is 120 Å². The van der Waals surface area contributed by atoms with Crippen LogP contribution in [0.25, 0.3) is 0 Å². The van der Waals surface area contributed by atoms with Crippen molar-refractivity contribution in [3.63, 3.8) is 0 Å². The summed E-state index contributed by atoms with van der Waals surface area (Å²) in [7, 11) is 4.99. The Hall–Kier alpha value is -0.120. The maximum absolute atomic E-state index is 5.50. The molecule has 0 aromatic carbocycles. The molecule has 0 heterocycles. The lowest BCUT2D eigenvalue weighted by molar-refractivity contribution is -0.380. The van der Waals surface area contributed by atoms with E-state index in [-0.39, 0.29) is 0 Å². The number of rotatable bonds is 13. The monoisotopic (exact) mass is 274 g/mol. The van der Waals surface area contributed by atoms with Gasteiger partial charge in [0, 0.05) is 27.2 Å². The average molecular weight is 274 g/mol. The standard InChI is InChI=1S/C16H34O3/c1-6-8-9-10-11-12-14-15(13-7-2)16(17-3,18-4)19-5/h15H,6-14H2,1-5H3/t15-/m1/s1. The van der Waals surface area contributed by atoms with Gasteiger partial charge in [-0.1, -0.05) is 58.8 Å². The zero-order chi connectivity index (χ0) is 14.6. The first-order valence-electron chi connectivity index (χ1n) is 7.86. The highest BCUT2D eigenvalue weighted by Crippen LogP contribution is 2.32. The van der Waals surface area contributed by atoms with E-state index in [1.54, 1.807) is 21.3 Å². The molecule has 116 valence electrons. The Bertz CT molecular complexity index is 182. The largest absolute Gasteiger partial charge is 0.331 e. The molecule has 0 aromatic heterocycles. The first-order chi connectivity index (χ1) is 9.20. The molecular weight excluding hydrogens is 240 g/mol. The van der Waals surface area contributed by atoms with Gasteiger partial charge in [0.15, 0.2) is 0 Å². The fourth-order valence-corrected chi connectivity index (χ4v) is 2.77. The molecule has 3 nitrogen and oxygen atoms in total. The van der Waals surface area contributed by atoms with Crippen LogP contribution in [0.15, 0.2) is 0 Å². The van der Waals surface area contributed by atoms with Crippen LogP contribution in [-0.4, -0.2) is 27.3 Å². The van der Waals surface area contributed by atoms with Gasteiger partial charge in [-0.15, -0.1) is 0 Å².